The van der Waals surface area contributed by atoms with Crippen LogP contribution in [-0.2, 0) is 4.79 Å². The maximum atomic E-state index is 12.7. The van der Waals surface area contributed by atoms with Crippen molar-refractivity contribution in [1.82, 2.24) is 25.1 Å². The number of aromatic nitrogens is 4. The van der Waals surface area contributed by atoms with Crippen LogP contribution in [0.15, 0.2) is 16.8 Å². The molecule has 0 unspecified atom stereocenters. The molecule has 1 saturated heterocycles. The van der Waals surface area contributed by atoms with Gasteiger partial charge in [0.25, 0.3) is 5.89 Å². The molecule has 1 atom stereocenters. The first kappa shape index (κ1) is 16.2. The van der Waals surface area contributed by atoms with E-state index in [0.717, 1.165) is 37.9 Å². The van der Waals surface area contributed by atoms with E-state index < -0.39 is 0 Å². The van der Waals surface area contributed by atoms with Crippen LogP contribution in [0.4, 0.5) is 0 Å². The summed E-state index contributed by atoms with van der Waals surface area (Å²) < 4.78 is 5.84. The van der Waals surface area contributed by atoms with Crippen LogP contribution in [0.1, 0.15) is 56.0 Å². The topological polar surface area (TPSA) is 85.0 Å². The fourth-order valence-electron chi connectivity index (χ4n) is 3.82. The highest BCUT2D eigenvalue weighted by Gasteiger charge is 2.33. The SMILES string of the molecule is Cc1cnc(-c2nnc([C@@H]3CCCN(C(=O)C4CCCC4)C3)o2)cn1. The first-order valence-corrected chi connectivity index (χ1v) is 9.12. The summed E-state index contributed by atoms with van der Waals surface area (Å²) >= 11 is 0. The van der Waals surface area contributed by atoms with E-state index in [1.165, 1.54) is 12.8 Å². The zero-order chi connectivity index (χ0) is 17.2. The molecule has 0 radical (unpaired) electrons. The number of aryl methyl sites for hydroxylation is 1. The molecular formula is C18H23N5O2. The third kappa shape index (κ3) is 3.41. The van der Waals surface area contributed by atoms with E-state index in [1.54, 1.807) is 12.4 Å². The van der Waals surface area contributed by atoms with Gasteiger partial charge in [-0.05, 0) is 32.6 Å². The Balaban J connectivity index is 1.46. The van der Waals surface area contributed by atoms with Gasteiger partial charge in [-0.2, -0.15) is 0 Å². The number of hydrogen-bond donors (Lipinski definition) is 0. The van der Waals surface area contributed by atoms with E-state index in [9.17, 15) is 4.79 Å². The van der Waals surface area contributed by atoms with Crippen molar-refractivity contribution in [3.8, 4) is 11.6 Å². The number of nitrogens with zero attached hydrogens (tertiary/aromatic N) is 5. The number of carbonyl (C=O) groups excluding carboxylic acids is 1. The molecule has 4 rings (SSSR count). The van der Waals surface area contributed by atoms with Gasteiger partial charge in [-0.15, -0.1) is 10.2 Å². The quantitative estimate of drug-likeness (QED) is 0.853. The lowest BCUT2D eigenvalue weighted by atomic mass is 9.96. The minimum atomic E-state index is 0.110. The van der Waals surface area contributed by atoms with Gasteiger partial charge in [-0.25, -0.2) is 4.98 Å². The Bertz CT molecular complexity index is 736. The van der Waals surface area contributed by atoms with Crippen molar-refractivity contribution in [2.75, 3.05) is 13.1 Å². The normalized spacial score (nSPS) is 21.6. The molecule has 2 aromatic rings. The first-order valence-electron chi connectivity index (χ1n) is 9.12. The average molecular weight is 341 g/mol. The largest absolute Gasteiger partial charge is 0.419 e. The van der Waals surface area contributed by atoms with Crippen LogP contribution in [0.25, 0.3) is 11.6 Å². The van der Waals surface area contributed by atoms with E-state index >= 15 is 0 Å². The lowest BCUT2D eigenvalue weighted by molar-refractivity contribution is -0.136. The van der Waals surface area contributed by atoms with Crippen LogP contribution in [0.2, 0.25) is 0 Å². The van der Waals surface area contributed by atoms with Gasteiger partial charge in [0, 0.05) is 25.2 Å². The maximum Gasteiger partial charge on any atom is 0.267 e. The molecule has 25 heavy (non-hydrogen) atoms. The number of likely N-dealkylation sites (tertiary alicyclic amines) is 1. The fourth-order valence-corrected chi connectivity index (χ4v) is 3.82. The number of carbonyl (C=O) groups is 1. The smallest absolute Gasteiger partial charge is 0.267 e. The van der Waals surface area contributed by atoms with Crippen molar-refractivity contribution >= 4 is 5.91 Å². The zero-order valence-corrected chi connectivity index (χ0v) is 14.5. The molecular weight excluding hydrogens is 318 g/mol. The third-order valence-corrected chi connectivity index (χ3v) is 5.23. The van der Waals surface area contributed by atoms with Gasteiger partial charge in [-0.1, -0.05) is 12.8 Å². The van der Waals surface area contributed by atoms with Gasteiger partial charge < -0.3 is 9.32 Å². The summed E-state index contributed by atoms with van der Waals surface area (Å²) in [5.41, 5.74) is 1.43. The molecule has 132 valence electrons. The Labute approximate surface area is 146 Å². The van der Waals surface area contributed by atoms with Crippen LogP contribution >= 0.6 is 0 Å². The Hall–Kier alpha value is -2.31. The number of amides is 1. The molecule has 7 nitrogen and oxygen atoms in total. The van der Waals surface area contributed by atoms with Crippen molar-refractivity contribution in [2.24, 2.45) is 5.92 Å². The van der Waals surface area contributed by atoms with Gasteiger partial charge in [0.05, 0.1) is 17.8 Å². The van der Waals surface area contributed by atoms with Crippen LogP contribution < -0.4 is 0 Å². The maximum absolute atomic E-state index is 12.7. The monoisotopic (exact) mass is 341 g/mol. The lowest BCUT2D eigenvalue weighted by Crippen LogP contribution is -2.41. The molecule has 0 aromatic carbocycles. The molecule has 0 bridgehead atoms. The Morgan fingerprint density at radius 1 is 1.12 bits per heavy atom. The predicted octanol–water partition coefficient (Wildman–Crippen LogP) is 2.73. The molecule has 7 heteroatoms. The average Bonchev–Trinajstić information content (AvgIpc) is 3.34. The van der Waals surface area contributed by atoms with Crippen molar-refractivity contribution in [2.45, 2.75) is 51.4 Å². The van der Waals surface area contributed by atoms with E-state index in [-0.39, 0.29) is 11.8 Å². The predicted molar refractivity (Wildman–Crippen MR) is 90.6 cm³/mol. The van der Waals surface area contributed by atoms with Crippen molar-refractivity contribution in [3.63, 3.8) is 0 Å². The Morgan fingerprint density at radius 2 is 1.96 bits per heavy atom. The van der Waals surface area contributed by atoms with Gasteiger partial charge in [-0.3, -0.25) is 9.78 Å². The highest BCUT2D eigenvalue weighted by atomic mass is 16.4. The number of rotatable bonds is 3. The summed E-state index contributed by atoms with van der Waals surface area (Å²) in [7, 11) is 0. The van der Waals surface area contributed by atoms with Gasteiger partial charge in [0.15, 0.2) is 0 Å². The molecule has 2 fully saturated rings. The van der Waals surface area contributed by atoms with Crippen LogP contribution in [0.5, 0.6) is 0 Å². The van der Waals surface area contributed by atoms with Crippen molar-refractivity contribution in [1.29, 1.82) is 0 Å². The summed E-state index contributed by atoms with van der Waals surface area (Å²) in [5.74, 6) is 1.63. The minimum absolute atomic E-state index is 0.110. The summed E-state index contributed by atoms with van der Waals surface area (Å²) in [6.45, 7) is 3.40. The summed E-state index contributed by atoms with van der Waals surface area (Å²) in [5, 5.41) is 8.32. The van der Waals surface area contributed by atoms with Crippen LogP contribution in [-0.4, -0.2) is 44.1 Å². The van der Waals surface area contributed by atoms with Crippen molar-refractivity contribution < 1.29 is 9.21 Å². The second-order valence-electron chi connectivity index (χ2n) is 7.09. The van der Waals surface area contributed by atoms with Crippen molar-refractivity contribution in [3.05, 3.63) is 24.0 Å². The second-order valence-corrected chi connectivity index (χ2v) is 7.09. The fraction of sp³-hybridized carbons (Fsp3) is 0.611. The minimum Gasteiger partial charge on any atom is -0.419 e. The van der Waals surface area contributed by atoms with Gasteiger partial charge in [0.2, 0.25) is 11.8 Å². The molecule has 1 aliphatic heterocycles. The van der Waals surface area contributed by atoms with E-state index in [1.807, 2.05) is 11.8 Å². The molecule has 0 N–H and O–H groups in total. The molecule has 1 saturated carbocycles. The summed E-state index contributed by atoms with van der Waals surface area (Å²) in [6, 6.07) is 0. The zero-order valence-electron chi connectivity index (χ0n) is 14.5. The number of piperidine rings is 1. The van der Waals surface area contributed by atoms with E-state index in [2.05, 4.69) is 20.2 Å². The molecule has 3 heterocycles. The van der Waals surface area contributed by atoms with Gasteiger partial charge in [0.1, 0.15) is 5.69 Å². The number of hydrogen-bond acceptors (Lipinski definition) is 6. The first-order chi connectivity index (χ1) is 12.2. The standard InChI is InChI=1S/C18H23N5O2/c1-12-9-20-15(10-19-12)17-22-21-16(25-17)14-7-4-8-23(11-14)18(24)13-5-2-3-6-13/h9-10,13-14H,2-8,11H2,1H3/t14-/m1/s1. The molecule has 0 spiro atoms. The van der Waals surface area contributed by atoms with Crippen LogP contribution in [0.3, 0.4) is 0 Å². The van der Waals surface area contributed by atoms with E-state index in [4.69, 9.17) is 4.42 Å². The Morgan fingerprint density at radius 3 is 2.72 bits per heavy atom. The molecule has 1 aliphatic carbocycles. The molecule has 2 aromatic heterocycles. The second kappa shape index (κ2) is 6.90. The highest BCUT2D eigenvalue weighted by molar-refractivity contribution is 5.79. The Kier molecular flexibility index (Phi) is 4.46. The van der Waals surface area contributed by atoms with E-state index in [0.29, 0.717) is 29.9 Å². The highest BCUT2D eigenvalue weighted by Crippen LogP contribution is 2.31. The molecule has 2 aliphatic rings. The third-order valence-electron chi connectivity index (χ3n) is 5.23. The van der Waals surface area contributed by atoms with Gasteiger partial charge >= 0.3 is 0 Å². The lowest BCUT2D eigenvalue weighted by Gasteiger charge is -2.32. The summed E-state index contributed by atoms with van der Waals surface area (Å²) in [6.07, 6.45) is 9.70. The molecule has 1 amide bonds. The summed E-state index contributed by atoms with van der Waals surface area (Å²) in [4.78, 5) is 23.2. The van der Waals surface area contributed by atoms with Crippen LogP contribution in [0, 0.1) is 12.8 Å².